The maximum absolute atomic E-state index is 12.0. The first-order valence-corrected chi connectivity index (χ1v) is 7.57. The predicted octanol–water partition coefficient (Wildman–Crippen LogP) is 2.18. The molecule has 0 unspecified atom stereocenters. The number of amides is 1. The van der Waals surface area contributed by atoms with E-state index in [0.717, 1.165) is 12.1 Å². The number of hydrogen-bond acceptors (Lipinski definition) is 4. The van der Waals surface area contributed by atoms with Gasteiger partial charge in [-0.25, -0.2) is 4.79 Å². The molecule has 0 radical (unpaired) electrons. The second-order valence-electron chi connectivity index (χ2n) is 6.89. The highest BCUT2D eigenvalue weighted by atomic mass is 16.6. The fourth-order valence-electron chi connectivity index (χ4n) is 2.61. The number of likely N-dealkylation sites (tertiary alicyclic amines) is 1. The van der Waals surface area contributed by atoms with Gasteiger partial charge in [-0.15, -0.1) is 0 Å². The third-order valence-corrected chi connectivity index (χ3v) is 3.78. The van der Waals surface area contributed by atoms with E-state index in [9.17, 15) is 9.90 Å². The number of nitrogens with one attached hydrogen (secondary N) is 1. The van der Waals surface area contributed by atoms with E-state index in [4.69, 9.17) is 4.74 Å². The lowest BCUT2D eigenvalue weighted by molar-refractivity contribution is -0.0311. The lowest BCUT2D eigenvalue weighted by Gasteiger charge is -2.39. The van der Waals surface area contributed by atoms with Crippen molar-refractivity contribution in [3.63, 3.8) is 0 Å². The minimum Gasteiger partial charge on any atom is -0.444 e. The molecule has 0 spiro atoms. The van der Waals surface area contributed by atoms with Crippen molar-refractivity contribution in [2.75, 3.05) is 19.6 Å². The summed E-state index contributed by atoms with van der Waals surface area (Å²) in [5.74, 6) is 0. The normalized spacial score (nSPS) is 21.5. The van der Waals surface area contributed by atoms with Gasteiger partial charge in [-0.2, -0.15) is 0 Å². The van der Waals surface area contributed by atoms with Crippen LogP contribution in [0, 0.1) is 0 Å². The number of dihydropyridines is 1. The third-order valence-electron chi connectivity index (χ3n) is 3.78. The Balaban J connectivity index is 1.85. The molecule has 0 atom stereocenters. The molecule has 0 aromatic heterocycles. The number of carbonyl (C=O) groups is 1. The molecule has 2 N–H and O–H groups in total. The van der Waals surface area contributed by atoms with Crippen LogP contribution in [0.3, 0.4) is 0 Å². The molecule has 0 aliphatic carbocycles. The van der Waals surface area contributed by atoms with Crippen LogP contribution in [0.25, 0.3) is 0 Å². The zero-order chi connectivity index (χ0) is 15.5. The van der Waals surface area contributed by atoms with Gasteiger partial charge < -0.3 is 20.1 Å². The van der Waals surface area contributed by atoms with Crippen LogP contribution in [-0.2, 0) is 4.74 Å². The van der Waals surface area contributed by atoms with Crippen molar-refractivity contribution in [2.24, 2.45) is 0 Å². The lowest BCUT2D eigenvalue weighted by atomic mass is 9.85. The average molecular weight is 294 g/mol. The average Bonchev–Trinajstić information content (AvgIpc) is 2.38. The SMILES string of the molecule is CC(C)(C)OC(=O)N1CCC(O)(CC2=CCNC=C2)CC1. The van der Waals surface area contributed by atoms with E-state index >= 15 is 0 Å². The Labute approximate surface area is 126 Å². The zero-order valence-electron chi connectivity index (χ0n) is 13.2. The zero-order valence-corrected chi connectivity index (χ0v) is 13.2. The van der Waals surface area contributed by atoms with E-state index in [0.29, 0.717) is 32.4 Å². The smallest absolute Gasteiger partial charge is 0.410 e. The van der Waals surface area contributed by atoms with Gasteiger partial charge in [0.15, 0.2) is 0 Å². The van der Waals surface area contributed by atoms with Gasteiger partial charge in [0.1, 0.15) is 5.60 Å². The molecule has 118 valence electrons. The van der Waals surface area contributed by atoms with Crippen LogP contribution < -0.4 is 5.32 Å². The Morgan fingerprint density at radius 1 is 1.43 bits per heavy atom. The van der Waals surface area contributed by atoms with E-state index in [1.165, 1.54) is 0 Å². The van der Waals surface area contributed by atoms with Gasteiger partial charge in [0.05, 0.1) is 5.60 Å². The molecule has 0 bridgehead atoms. The second kappa shape index (κ2) is 6.10. The summed E-state index contributed by atoms with van der Waals surface area (Å²) in [6.45, 7) is 7.48. The molecular formula is C16H26N2O3. The minimum absolute atomic E-state index is 0.287. The quantitative estimate of drug-likeness (QED) is 0.819. The molecule has 2 aliphatic rings. The van der Waals surface area contributed by atoms with Gasteiger partial charge in [-0.05, 0) is 51.5 Å². The highest BCUT2D eigenvalue weighted by Crippen LogP contribution is 2.30. The number of hydrogen-bond donors (Lipinski definition) is 2. The number of nitrogens with zero attached hydrogens (tertiary/aromatic N) is 1. The number of allylic oxidation sites excluding steroid dienone is 1. The van der Waals surface area contributed by atoms with E-state index < -0.39 is 11.2 Å². The maximum Gasteiger partial charge on any atom is 0.410 e. The topological polar surface area (TPSA) is 61.8 Å². The summed E-state index contributed by atoms with van der Waals surface area (Å²) in [6, 6.07) is 0. The summed E-state index contributed by atoms with van der Waals surface area (Å²) in [5, 5.41) is 13.8. The number of rotatable bonds is 2. The van der Waals surface area contributed by atoms with Gasteiger partial charge in [-0.1, -0.05) is 6.08 Å². The van der Waals surface area contributed by atoms with E-state index in [-0.39, 0.29) is 6.09 Å². The fourth-order valence-corrected chi connectivity index (χ4v) is 2.61. The fraction of sp³-hybridized carbons (Fsp3) is 0.688. The van der Waals surface area contributed by atoms with E-state index in [1.807, 2.05) is 33.0 Å². The third kappa shape index (κ3) is 4.77. The van der Waals surface area contributed by atoms with Crippen LogP contribution in [0.4, 0.5) is 4.79 Å². The first-order valence-electron chi connectivity index (χ1n) is 7.57. The molecule has 2 aliphatic heterocycles. The summed E-state index contributed by atoms with van der Waals surface area (Å²) in [7, 11) is 0. The van der Waals surface area contributed by atoms with Crippen LogP contribution in [0.15, 0.2) is 23.9 Å². The molecular weight excluding hydrogens is 268 g/mol. The van der Waals surface area contributed by atoms with Crippen molar-refractivity contribution in [2.45, 2.75) is 51.2 Å². The molecule has 0 aromatic rings. The summed E-state index contributed by atoms with van der Waals surface area (Å²) >= 11 is 0. The molecule has 1 amide bonds. The molecule has 21 heavy (non-hydrogen) atoms. The second-order valence-corrected chi connectivity index (χ2v) is 6.89. The summed E-state index contributed by atoms with van der Waals surface area (Å²) in [4.78, 5) is 13.7. The van der Waals surface area contributed by atoms with Crippen LogP contribution in [0.1, 0.15) is 40.0 Å². The molecule has 0 aromatic carbocycles. The van der Waals surface area contributed by atoms with Crippen LogP contribution in [0.5, 0.6) is 0 Å². The first kappa shape index (κ1) is 15.9. The molecule has 1 fully saturated rings. The number of carbonyl (C=O) groups excluding carboxylic acids is 1. The van der Waals surface area contributed by atoms with E-state index in [1.54, 1.807) is 4.90 Å². The number of ether oxygens (including phenoxy) is 1. The van der Waals surface area contributed by atoms with Crippen molar-refractivity contribution in [1.82, 2.24) is 10.2 Å². The highest BCUT2D eigenvalue weighted by Gasteiger charge is 2.35. The number of aliphatic hydroxyl groups is 1. The molecule has 2 heterocycles. The van der Waals surface area contributed by atoms with Crippen LogP contribution in [-0.4, -0.2) is 46.9 Å². The molecule has 5 heteroatoms. The van der Waals surface area contributed by atoms with Gasteiger partial charge in [0.25, 0.3) is 0 Å². The van der Waals surface area contributed by atoms with Gasteiger partial charge in [-0.3, -0.25) is 0 Å². The lowest BCUT2D eigenvalue weighted by Crippen LogP contribution is -2.48. The Bertz CT molecular complexity index is 441. The van der Waals surface area contributed by atoms with Crippen molar-refractivity contribution in [3.05, 3.63) is 23.9 Å². The molecule has 1 saturated heterocycles. The van der Waals surface area contributed by atoms with E-state index in [2.05, 4.69) is 11.4 Å². The van der Waals surface area contributed by atoms with Crippen LogP contribution in [0.2, 0.25) is 0 Å². The molecule has 5 nitrogen and oxygen atoms in total. The van der Waals surface area contributed by atoms with Gasteiger partial charge in [0, 0.05) is 26.1 Å². The summed E-state index contributed by atoms with van der Waals surface area (Å²) < 4.78 is 5.37. The predicted molar refractivity (Wildman–Crippen MR) is 81.8 cm³/mol. The maximum atomic E-state index is 12.0. The highest BCUT2D eigenvalue weighted by molar-refractivity contribution is 5.68. The Kier molecular flexibility index (Phi) is 4.61. The van der Waals surface area contributed by atoms with Crippen molar-refractivity contribution >= 4 is 6.09 Å². The minimum atomic E-state index is -0.716. The van der Waals surface area contributed by atoms with Crippen molar-refractivity contribution < 1.29 is 14.6 Å². The summed E-state index contributed by atoms with van der Waals surface area (Å²) in [6.07, 6.45) is 7.54. The van der Waals surface area contributed by atoms with Crippen molar-refractivity contribution in [3.8, 4) is 0 Å². The standard InChI is InChI=1S/C16H26N2O3/c1-15(2,3)21-14(19)18-10-6-16(20,7-11-18)12-13-4-8-17-9-5-13/h4-5,8,17,20H,6-7,9-12H2,1-3H3. The largest absolute Gasteiger partial charge is 0.444 e. The monoisotopic (exact) mass is 294 g/mol. The van der Waals surface area contributed by atoms with Gasteiger partial charge in [0.2, 0.25) is 0 Å². The summed E-state index contributed by atoms with van der Waals surface area (Å²) in [5.41, 5.74) is -0.0383. The number of piperidine rings is 1. The van der Waals surface area contributed by atoms with Crippen LogP contribution >= 0.6 is 0 Å². The first-order chi connectivity index (χ1) is 9.77. The Morgan fingerprint density at radius 3 is 2.62 bits per heavy atom. The molecule has 0 saturated carbocycles. The van der Waals surface area contributed by atoms with Crippen molar-refractivity contribution in [1.29, 1.82) is 0 Å². The molecule has 2 rings (SSSR count). The Hall–Kier alpha value is -1.49. The van der Waals surface area contributed by atoms with Gasteiger partial charge >= 0.3 is 6.09 Å². The Morgan fingerprint density at radius 2 is 2.10 bits per heavy atom.